The molecule has 10 heteroatoms. The fourth-order valence-corrected chi connectivity index (χ4v) is 4.95. The third kappa shape index (κ3) is 6.69. The second-order valence-corrected chi connectivity index (χ2v) is 10.9. The van der Waals surface area contributed by atoms with Gasteiger partial charge in [-0.2, -0.15) is 0 Å². The van der Waals surface area contributed by atoms with Crippen molar-refractivity contribution >= 4 is 27.5 Å². The first kappa shape index (κ1) is 27.3. The Kier molecular flexibility index (Phi) is 9.19. The Morgan fingerprint density at radius 3 is 2.44 bits per heavy atom. The lowest BCUT2D eigenvalue weighted by Crippen LogP contribution is -2.51. The molecular weight excluding hydrogens is 482 g/mol. The van der Waals surface area contributed by atoms with Crippen molar-refractivity contribution in [1.29, 1.82) is 0 Å². The molecule has 3 rings (SSSR count). The summed E-state index contributed by atoms with van der Waals surface area (Å²) in [5.41, 5.74) is 2.17. The fourth-order valence-electron chi connectivity index (χ4n) is 3.89. The predicted molar refractivity (Wildman–Crippen MR) is 139 cm³/mol. The van der Waals surface area contributed by atoms with Gasteiger partial charge in [0.2, 0.25) is 21.8 Å². The van der Waals surface area contributed by atoms with Crippen LogP contribution in [0.2, 0.25) is 0 Å². The summed E-state index contributed by atoms with van der Waals surface area (Å²) in [4.78, 5) is 27.9. The summed E-state index contributed by atoms with van der Waals surface area (Å²) in [5, 5.41) is 2.83. The number of amides is 2. The van der Waals surface area contributed by atoms with E-state index in [-0.39, 0.29) is 18.2 Å². The molecule has 0 saturated carbocycles. The molecule has 1 heterocycles. The van der Waals surface area contributed by atoms with Crippen molar-refractivity contribution in [3.8, 4) is 11.5 Å². The maximum atomic E-state index is 13.7. The van der Waals surface area contributed by atoms with Crippen LogP contribution in [0.5, 0.6) is 11.5 Å². The number of nitrogens with zero attached hydrogens (tertiary/aromatic N) is 2. The Hall–Kier alpha value is -3.27. The standard InChI is InChI=1S/C26H35N3O6S/c1-5-12-27-26(31)20(4)28(17-21-9-7-8-19(3)15-21)25(30)18-29(36(32,33)6-2)22-10-11-23-24(16-22)35-14-13-34-23/h7-11,15-16,20H,5-6,12-14,17-18H2,1-4H3,(H,27,31)/t20-/m1/s1. The van der Waals surface area contributed by atoms with Crippen molar-refractivity contribution in [1.82, 2.24) is 10.2 Å². The van der Waals surface area contributed by atoms with Crippen LogP contribution in [0.4, 0.5) is 5.69 Å². The van der Waals surface area contributed by atoms with E-state index < -0.39 is 28.5 Å². The summed E-state index contributed by atoms with van der Waals surface area (Å²) >= 11 is 0. The highest BCUT2D eigenvalue weighted by atomic mass is 32.2. The van der Waals surface area contributed by atoms with E-state index in [9.17, 15) is 18.0 Å². The van der Waals surface area contributed by atoms with Crippen LogP contribution in [0, 0.1) is 6.92 Å². The number of fused-ring (bicyclic) bond motifs is 1. The highest BCUT2D eigenvalue weighted by molar-refractivity contribution is 7.92. The van der Waals surface area contributed by atoms with Crippen LogP contribution in [-0.4, -0.2) is 63.2 Å². The zero-order valence-electron chi connectivity index (χ0n) is 21.3. The quantitative estimate of drug-likeness (QED) is 0.492. The van der Waals surface area contributed by atoms with Crippen LogP contribution in [-0.2, 0) is 26.2 Å². The fraction of sp³-hybridized carbons (Fsp3) is 0.462. The summed E-state index contributed by atoms with van der Waals surface area (Å²) in [5.74, 6) is -0.0253. The van der Waals surface area contributed by atoms with Crippen molar-refractivity contribution in [2.45, 2.75) is 46.7 Å². The second kappa shape index (κ2) is 12.1. The first-order chi connectivity index (χ1) is 17.2. The molecule has 9 nitrogen and oxygen atoms in total. The van der Waals surface area contributed by atoms with Crippen molar-refractivity contribution in [2.24, 2.45) is 0 Å². The summed E-state index contributed by atoms with van der Waals surface area (Å²) in [6, 6.07) is 11.7. The molecule has 0 aliphatic carbocycles. The monoisotopic (exact) mass is 517 g/mol. The summed E-state index contributed by atoms with van der Waals surface area (Å²) < 4.78 is 38.4. The molecule has 196 valence electrons. The molecule has 0 radical (unpaired) electrons. The summed E-state index contributed by atoms with van der Waals surface area (Å²) in [6.45, 7) is 8.04. The average Bonchev–Trinajstić information content (AvgIpc) is 2.88. The van der Waals surface area contributed by atoms with Gasteiger partial charge in [0.1, 0.15) is 25.8 Å². The van der Waals surface area contributed by atoms with Crippen molar-refractivity contribution in [2.75, 3.05) is 36.4 Å². The zero-order chi connectivity index (χ0) is 26.3. The number of anilines is 1. The summed E-state index contributed by atoms with van der Waals surface area (Å²) in [6.07, 6.45) is 0.761. The molecule has 0 saturated heterocycles. The van der Waals surface area contributed by atoms with Gasteiger partial charge in [-0.05, 0) is 44.9 Å². The molecular formula is C26H35N3O6S. The number of carbonyl (C=O) groups is 2. The highest BCUT2D eigenvalue weighted by Gasteiger charge is 2.31. The smallest absolute Gasteiger partial charge is 0.244 e. The van der Waals surface area contributed by atoms with E-state index in [4.69, 9.17) is 9.47 Å². The number of rotatable bonds is 11. The van der Waals surface area contributed by atoms with Crippen LogP contribution in [0.25, 0.3) is 0 Å². The molecule has 1 aliphatic heterocycles. The molecule has 36 heavy (non-hydrogen) atoms. The molecule has 0 fully saturated rings. The van der Waals surface area contributed by atoms with Crippen molar-refractivity contribution < 1.29 is 27.5 Å². The molecule has 2 aromatic carbocycles. The number of sulfonamides is 1. The van der Waals surface area contributed by atoms with Crippen molar-refractivity contribution in [3.05, 3.63) is 53.6 Å². The van der Waals surface area contributed by atoms with Gasteiger partial charge in [-0.3, -0.25) is 13.9 Å². The first-order valence-corrected chi connectivity index (χ1v) is 13.8. The van der Waals surface area contributed by atoms with E-state index in [1.807, 2.05) is 38.1 Å². The van der Waals surface area contributed by atoms with E-state index >= 15 is 0 Å². The Balaban J connectivity index is 1.93. The Labute approximate surface area is 213 Å². The first-order valence-electron chi connectivity index (χ1n) is 12.2. The van der Waals surface area contributed by atoms with Crippen LogP contribution in [0.1, 0.15) is 38.3 Å². The SMILES string of the molecule is CCCNC(=O)[C@@H](C)N(Cc1cccc(C)c1)C(=O)CN(c1ccc2c(c1)OCCO2)S(=O)(=O)CC. The van der Waals surface area contributed by atoms with E-state index in [0.29, 0.717) is 36.9 Å². The Morgan fingerprint density at radius 1 is 1.06 bits per heavy atom. The summed E-state index contributed by atoms with van der Waals surface area (Å²) in [7, 11) is -3.82. The minimum atomic E-state index is -3.82. The molecule has 2 amide bonds. The zero-order valence-corrected chi connectivity index (χ0v) is 22.1. The minimum absolute atomic E-state index is 0.169. The number of carbonyl (C=O) groups excluding carboxylic acids is 2. The lowest BCUT2D eigenvalue weighted by atomic mass is 10.1. The third-order valence-corrected chi connectivity index (χ3v) is 7.69. The molecule has 0 unspecified atom stereocenters. The maximum Gasteiger partial charge on any atom is 0.244 e. The topological polar surface area (TPSA) is 105 Å². The largest absolute Gasteiger partial charge is 0.486 e. The minimum Gasteiger partial charge on any atom is -0.486 e. The molecule has 1 atom stereocenters. The van der Waals surface area contributed by atoms with E-state index in [2.05, 4.69) is 5.32 Å². The van der Waals surface area contributed by atoms with Gasteiger partial charge in [0.25, 0.3) is 0 Å². The molecule has 1 N–H and O–H groups in total. The lowest BCUT2D eigenvalue weighted by Gasteiger charge is -2.32. The Morgan fingerprint density at radius 2 is 1.78 bits per heavy atom. The van der Waals surface area contributed by atoms with Crippen molar-refractivity contribution in [3.63, 3.8) is 0 Å². The molecule has 2 aromatic rings. The maximum absolute atomic E-state index is 13.7. The van der Waals surface area contributed by atoms with Gasteiger partial charge >= 0.3 is 0 Å². The number of benzene rings is 2. The van der Waals surface area contributed by atoms with Gasteiger partial charge in [-0.1, -0.05) is 36.8 Å². The molecule has 1 aliphatic rings. The number of hydrogen-bond acceptors (Lipinski definition) is 6. The third-order valence-electron chi connectivity index (χ3n) is 5.95. The molecule has 0 aromatic heterocycles. The molecule has 0 spiro atoms. The van der Waals surface area contributed by atoms with Gasteiger partial charge in [-0.15, -0.1) is 0 Å². The lowest BCUT2D eigenvalue weighted by molar-refractivity contribution is -0.139. The number of hydrogen-bond donors (Lipinski definition) is 1. The number of nitrogens with one attached hydrogen (secondary N) is 1. The van der Waals surface area contributed by atoms with Crippen LogP contribution < -0.4 is 19.1 Å². The normalized spacial score (nSPS) is 13.6. The van der Waals surface area contributed by atoms with Gasteiger partial charge in [0, 0.05) is 19.2 Å². The van der Waals surface area contributed by atoms with E-state index in [1.165, 1.54) is 11.8 Å². The molecule has 0 bridgehead atoms. The van der Waals surface area contributed by atoms with Gasteiger partial charge in [0.05, 0.1) is 11.4 Å². The Bertz CT molecular complexity index is 1180. The van der Waals surface area contributed by atoms with Gasteiger partial charge < -0.3 is 19.7 Å². The highest BCUT2D eigenvalue weighted by Crippen LogP contribution is 2.35. The van der Waals surface area contributed by atoms with Gasteiger partial charge in [-0.25, -0.2) is 8.42 Å². The number of ether oxygens (including phenoxy) is 2. The predicted octanol–water partition coefficient (Wildman–Crippen LogP) is 2.87. The van der Waals surface area contributed by atoms with E-state index in [0.717, 1.165) is 21.9 Å². The second-order valence-electron chi connectivity index (χ2n) is 8.71. The van der Waals surface area contributed by atoms with Crippen LogP contribution in [0.3, 0.4) is 0 Å². The van der Waals surface area contributed by atoms with Crippen LogP contribution >= 0.6 is 0 Å². The average molecular weight is 518 g/mol. The van der Waals surface area contributed by atoms with Gasteiger partial charge in [0.15, 0.2) is 11.5 Å². The number of aryl methyl sites for hydroxylation is 1. The van der Waals surface area contributed by atoms with Crippen LogP contribution in [0.15, 0.2) is 42.5 Å². The van der Waals surface area contributed by atoms with E-state index in [1.54, 1.807) is 25.1 Å².